The molecule has 0 saturated carbocycles. The predicted octanol–water partition coefficient (Wildman–Crippen LogP) is 3.48. The van der Waals surface area contributed by atoms with E-state index in [0.29, 0.717) is 10.6 Å². The van der Waals surface area contributed by atoms with Crippen molar-refractivity contribution in [3.8, 4) is 0 Å². The van der Waals surface area contributed by atoms with E-state index >= 15 is 0 Å². The van der Waals surface area contributed by atoms with Gasteiger partial charge < -0.3 is 5.73 Å². The molecule has 5 heteroatoms. The Kier molecular flexibility index (Phi) is 4.14. The first-order chi connectivity index (χ1) is 8.58. The Labute approximate surface area is 116 Å². The summed E-state index contributed by atoms with van der Waals surface area (Å²) in [5.74, 6) is -0.127. The molecule has 0 aromatic heterocycles. The van der Waals surface area contributed by atoms with E-state index in [9.17, 15) is 8.60 Å². The van der Waals surface area contributed by atoms with Crippen LogP contribution in [0, 0.1) is 5.82 Å². The minimum Gasteiger partial charge on any atom is -0.398 e. The van der Waals surface area contributed by atoms with Gasteiger partial charge >= 0.3 is 0 Å². The summed E-state index contributed by atoms with van der Waals surface area (Å²) in [4.78, 5) is 0.463. The Bertz CT molecular complexity index is 583. The maximum Gasteiger partial charge on any atom is 0.124 e. The van der Waals surface area contributed by atoms with Crippen LogP contribution in [0.4, 0.5) is 10.1 Å². The summed E-state index contributed by atoms with van der Waals surface area (Å²) in [7, 11) is -1.32. The fourth-order valence-corrected chi connectivity index (χ4v) is 3.48. The molecule has 0 spiro atoms. The van der Waals surface area contributed by atoms with Crippen LogP contribution in [0.15, 0.2) is 51.8 Å². The number of anilines is 1. The number of nitrogens with two attached hydrogens (primary N) is 1. The van der Waals surface area contributed by atoms with Crippen molar-refractivity contribution in [1.82, 2.24) is 0 Å². The lowest BCUT2D eigenvalue weighted by Gasteiger charge is -2.08. The average molecular weight is 328 g/mol. The molecule has 18 heavy (non-hydrogen) atoms. The van der Waals surface area contributed by atoms with Gasteiger partial charge in [0.1, 0.15) is 5.82 Å². The van der Waals surface area contributed by atoms with Gasteiger partial charge in [0.15, 0.2) is 0 Å². The van der Waals surface area contributed by atoms with E-state index in [1.807, 2.05) is 12.1 Å². The lowest BCUT2D eigenvalue weighted by atomic mass is 10.2. The summed E-state index contributed by atoms with van der Waals surface area (Å²) >= 11 is 3.37. The van der Waals surface area contributed by atoms with Crippen LogP contribution < -0.4 is 5.73 Å². The number of rotatable bonds is 3. The monoisotopic (exact) mass is 327 g/mol. The first-order valence-corrected chi connectivity index (χ1v) is 7.36. The molecule has 0 fully saturated rings. The van der Waals surface area contributed by atoms with Crippen LogP contribution in [0.3, 0.4) is 0 Å². The first kappa shape index (κ1) is 13.2. The SMILES string of the molecule is Nc1cccc(Br)c1CS(=O)c1cccc(F)c1. The van der Waals surface area contributed by atoms with Gasteiger partial charge in [0.2, 0.25) is 0 Å². The molecule has 0 amide bonds. The number of halogens is 2. The maximum absolute atomic E-state index is 13.1. The molecule has 0 heterocycles. The number of hydrogen-bond acceptors (Lipinski definition) is 2. The molecule has 94 valence electrons. The molecule has 2 N–H and O–H groups in total. The van der Waals surface area contributed by atoms with Crippen LogP contribution in [0.1, 0.15) is 5.56 Å². The van der Waals surface area contributed by atoms with Gasteiger partial charge in [-0.25, -0.2) is 4.39 Å². The molecule has 0 aliphatic rings. The maximum atomic E-state index is 13.1. The van der Waals surface area contributed by atoms with Crippen LogP contribution in [-0.4, -0.2) is 4.21 Å². The van der Waals surface area contributed by atoms with Gasteiger partial charge in [-0.2, -0.15) is 0 Å². The molecule has 1 unspecified atom stereocenters. The minimum absolute atomic E-state index is 0.261. The van der Waals surface area contributed by atoms with Crippen LogP contribution in [0.2, 0.25) is 0 Å². The molecule has 0 aliphatic heterocycles. The molecule has 2 nitrogen and oxygen atoms in total. The lowest BCUT2D eigenvalue weighted by Crippen LogP contribution is -2.01. The van der Waals surface area contributed by atoms with Crippen molar-refractivity contribution in [2.75, 3.05) is 5.73 Å². The fourth-order valence-electron chi connectivity index (χ4n) is 1.55. The highest BCUT2D eigenvalue weighted by molar-refractivity contribution is 9.10. The smallest absolute Gasteiger partial charge is 0.124 e. The van der Waals surface area contributed by atoms with E-state index < -0.39 is 10.8 Å². The lowest BCUT2D eigenvalue weighted by molar-refractivity contribution is 0.622. The molecule has 2 rings (SSSR count). The molecule has 0 bridgehead atoms. The Hall–Kier alpha value is -1.20. The molecule has 2 aromatic rings. The van der Waals surface area contributed by atoms with Gasteiger partial charge in [0.25, 0.3) is 0 Å². The summed E-state index contributed by atoms with van der Waals surface area (Å²) in [5.41, 5.74) is 7.19. The second-order valence-corrected chi connectivity index (χ2v) is 6.06. The van der Waals surface area contributed by atoms with Gasteiger partial charge in [0.05, 0.1) is 16.6 Å². The highest BCUT2D eigenvalue weighted by atomic mass is 79.9. The summed E-state index contributed by atoms with van der Waals surface area (Å²) in [6.07, 6.45) is 0. The Balaban J connectivity index is 2.27. The van der Waals surface area contributed by atoms with E-state index in [0.717, 1.165) is 10.0 Å². The zero-order valence-corrected chi connectivity index (χ0v) is 11.8. The molecule has 0 radical (unpaired) electrons. The fraction of sp³-hybridized carbons (Fsp3) is 0.0769. The number of benzene rings is 2. The van der Waals surface area contributed by atoms with Crippen molar-refractivity contribution in [3.05, 3.63) is 58.3 Å². The molecule has 0 saturated heterocycles. The van der Waals surface area contributed by atoms with Gasteiger partial charge in [0, 0.05) is 20.6 Å². The van der Waals surface area contributed by atoms with Crippen molar-refractivity contribution < 1.29 is 8.60 Å². The number of hydrogen-bond donors (Lipinski definition) is 1. The van der Waals surface area contributed by atoms with Crippen LogP contribution >= 0.6 is 15.9 Å². The van der Waals surface area contributed by atoms with Gasteiger partial charge in [-0.1, -0.05) is 28.1 Å². The van der Waals surface area contributed by atoms with Crippen molar-refractivity contribution in [2.45, 2.75) is 10.6 Å². The molecule has 0 aliphatic carbocycles. The summed E-state index contributed by atoms with van der Waals surface area (Å²) in [5, 5.41) is 0. The van der Waals surface area contributed by atoms with E-state index in [4.69, 9.17) is 5.73 Å². The third-order valence-electron chi connectivity index (χ3n) is 2.49. The zero-order chi connectivity index (χ0) is 13.1. The van der Waals surface area contributed by atoms with E-state index in [1.54, 1.807) is 18.2 Å². The summed E-state index contributed by atoms with van der Waals surface area (Å²) < 4.78 is 26.0. The molecule has 2 aromatic carbocycles. The highest BCUT2D eigenvalue weighted by Gasteiger charge is 2.11. The first-order valence-electron chi connectivity index (χ1n) is 5.25. The zero-order valence-electron chi connectivity index (χ0n) is 9.40. The largest absolute Gasteiger partial charge is 0.398 e. The van der Waals surface area contributed by atoms with E-state index in [-0.39, 0.29) is 11.6 Å². The average Bonchev–Trinajstić information content (AvgIpc) is 2.34. The number of nitrogen functional groups attached to an aromatic ring is 1. The van der Waals surface area contributed by atoms with Crippen LogP contribution in [0.5, 0.6) is 0 Å². The third kappa shape index (κ3) is 2.97. The Morgan fingerprint density at radius 1 is 1.22 bits per heavy atom. The second kappa shape index (κ2) is 5.63. The molecular formula is C13H11BrFNOS. The highest BCUT2D eigenvalue weighted by Crippen LogP contribution is 2.25. The van der Waals surface area contributed by atoms with Crippen molar-refractivity contribution in [2.24, 2.45) is 0 Å². The van der Waals surface area contributed by atoms with Gasteiger partial charge in [-0.15, -0.1) is 0 Å². The predicted molar refractivity (Wildman–Crippen MR) is 75.1 cm³/mol. The normalized spacial score (nSPS) is 12.3. The standard InChI is InChI=1S/C13H11BrFNOS/c14-12-5-2-6-13(16)11(12)8-18(17)10-4-1-3-9(15)7-10/h1-7H,8,16H2. The molecular weight excluding hydrogens is 317 g/mol. The Morgan fingerprint density at radius 2 is 1.94 bits per heavy atom. The van der Waals surface area contributed by atoms with Crippen LogP contribution in [-0.2, 0) is 16.6 Å². The van der Waals surface area contributed by atoms with Crippen molar-refractivity contribution in [1.29, 1.82) is 0 Å². The second-order valence-electron chi connectivity index (χ2n) is 3.75. The summed E-state index contributed by atoms with van der Waals surface area (Å²) in [6.45, 7) is 0. The topological polar surface area (TPSA) is 43.1 Å². The van der Waals surface area contributed by atoms with Gasteiger partial charge in [-0.3, -0.25) is 4.21 Å². The van der Waals surface area contributed by atoms with Crippen molar-refractivity contribution in [3.63, 3.8) is 0 Å². The van der Waals surface area contributed by atoms with Crippen LogP contribution in [0.25, 0.3) is 0 Å². The van der Waals surface area contributed by atoms with E-state index in [1.165, 1.54) is 12.1 Å². The quantitative estimate of drug-likeness (QED) is 0.877. The minimum atomic E-state index is -1.32. The van der Waals surface area contributed by atoms with Gasteiger partial charge in [-0.05, 0) is 30.3 Å². The third-order valence-corrected chi connectivity index (χ3v) is 4.56. The van der Waals surface area contributed by atoms with E-state index in [2.05, 4.69) is 15.9 Å². The Morgan fingerprint density at radius 3 is 2.61 bits per heavy atom. The summed E-state index contributed by atoms with van der Waals surface area (Å²) in [6, 6.07) is 11.2. The molecule has 1 atom stereocenters. The van der Waals surface area contributed by atoms with Crippen molar-refractivity contribution >= 4 is 32.4 Å².